The van der Waals surface area contributed by atoms with E-state index in [0.29, 0.717) is 6.42 Å². The molecule has 0 saturated heterocycles. The van der Waals surface area contributed by atoms with Gasteiger partial charge in [0.05, 0.1) is 13.0 Å². The molecule has 0 aromatic heterocycles. The van der Waals surface area contributed by atoms with Crippen molar-refractivity contribution in [1.29, 1.82) is 0 Å². The van der Waals surface area contributed by atoms with Crippen LogP contribution in [0.2, 0.25) is 0 Å². The predicted octanol–water partition coefficient (Wildman–Crippen LogP) is 2.05. The highest BCUT2D eigenvalue weighted by atomic mass is 16.5. The molecule has 0 fully saturated rings. The van der Waals surface area contributed by atoms with Gasteiger partial charge < -0.3 is 9.84 Å². The van der Waals surface area contributed by atoms with Gasteiger partial charge in [0.1, 0.15) is 5.75 Å². The van der Waals surface area contributed by atoms with Crippen LogP contribution in [0.1, 0.15) is 18.1 Å². The molecule has 0 amide bonds. The van der Waals surface area contributed by atoms with Gasteiger partial charge in [-0.25, -0.2) is 0 Å². The molecule has 0 spiro atoms. The number of carbonyl (C=O) groups excluding carboxylic acids is 1. The summed E-state index contributed by atoms with van der Waals surface area (Å²) in [5, 5.41) is 9.24. The van der Waals surface area contributed by atoms with E-state index in [1.165, 1.54) is 7.11 Å². The highest BCUT2D eigenvalue weighted by molar-refractivity contribution is 5.72. The number of benzene rings is 1. The number of phenols is 1. The molecule has 3 heteroatoms. The summed E-state index contributed by atoms with van der Waals surface area (Å²) in [6, 6.07) is 5.16. The fourth-order valence-corrected chi connectivity index (χ4v) is 1.52. The Morgan fingerprint density at radius 2 is 2.20 bits per heavy atom. The fourth-order valence-electron chi connectivity index (χ4n) is 1.52. The van der Waals surface area contributed by atoms with Crippen molar-refractivity contribution in [2.24, 2.45) is 5.92 Å². The average Bonchev–Trinajstić information content (AvgIpc) is 2.20. The maximum Gasteiger partial charge on any atom is 0.308 e. The van der Waals surface area contributed by atoms with Gasteiger partial charge in [-0.3, -0.25) is 4.79 Å². The number of ether oxygens (including phenoxy) is 1. The van der Waals surface area contributed by atoms with Crippen LogP contribution in [0.5, 0.6) is 5.75 Å². The molecule has 1 rings (SSSR count). The Balaban J connectivity index is 2.76. The molecule has 1 aromatic carbocycles. The Hall–Kier alpha value is -1.51. The molecule has 0 aliphatic heterocycles. The van der Waals surface area contributed by atoms with Gasteiger partial charge in [0.2, 0.25) is 0 Å². The first kappa shape index (κ1) is 11.6. The average molecular weight is 208 g/mol. The van der Waals surface area contributed by atoms with Gasteiger partial charge in [0.15, 0.2) is 0 Å². The molecule has 0 radical (unpaired) electrons. The Morgan fingerprint density at radius 1 is 1.53 bits per heavy atom. The molecule has 15 heavy (non-hydrogen) atoms. The van der Waals surface area contributed by atoms with Crippen molar-refractivity contribution in [3.63, 3.8) is 0 Å². The third kappa shape index (κ3) is 2.98. The maximum absolute atomic E-state index is 11.2. The molecule has 3 nitrogen and oxygen atoms in total. The summed E-state index contributed by atoms with van der Waals surface area (Å²) in [5.41, 5.74) is 2.05. The molecule has 0 saturated carbocycles. The number of carbonyl (C=O) groups is 1. The molecule has 0 bridgehead atoms. The van der Waals surface area contributed by atoms with Gasteiger partial charge in [-0.15, -0.1) is 0 Å². The van der Waals surface area contributed by atoms with E-state index in [-0.39, 0.29) is 17.6 Å². The predicted molar refractivity (Wildman–Crippen MR) is 57.7 cm³/mol. The number of rotatable bonds is 3. The molecule has 0 aliphatic rings. The van der Waals surface area contributed by atoms with Crippen LogP contribution in [-0.2, 0) is 16.0 Å². The molecule has 1 unspecified atom stereocenters. The molecule has 82 valence electrons. The Labute approximate surface area is 89.7 Å². The standard InChI is InChI=1S/C12H16O3/c1-8-7-11(13)5-4-10(8)6-9(2)12(14)15-3/h4-5,7,9,13H,6H2,1-3H3. The minimum atomic E-state index is -0.206. The van der Waals surface area contributed by atoms with E-state index in [4.69, 9.17) is 0 Å². The first-order valence-electron chi connectivity index (χ1n) is 4.91. The molecule has 0 heterocycles. The lowest BCUT2D eigenvalue weighted by molar-refractivity contribution is -0.144. The minimum absolute atomic E-state index is 0.154. The molecule has 1 atom stereocenters. The summed E-state index contributed by atoms with van der Waals surface area (Å²) < 4.78 is 4.66. The van der Waals surface area contributed by atoms with Crippen LogP contribution in [0.25, 0.3) is 0 Å². The zero-order valence-electron chi connectivity index (χ0n) is 9.28. The molecular formula is C12H16O3. The second-order valence-corrected chi connectivity index (χ2v) is 3.74. The lowest BCUT2D eigenvalue weighted by atomic mass is 9.97. The number of aromatic hydroxyl groups is 1. The fraction of sp³-hybridized carbons (Fsp3) is 0.417. The van der Waals surface area contributed by atoms with Gasteiger partial charge in [0.25, 0.3) is 0 Å². The number of phenolic OH excluding ortho intramolecular Hbond substituents is 1. The van der Waals surface area contributed by atoms with Gasteiger partial charge in [-0.05, 0) is 36.6 Å². The highest BCUT2D eigenvalue weighted by Gasteiger charge is 2.14. The van der Waals surface area contributed by atoms with Crippen LogP contribution in [0.4, 0.5) is 0 Å². The highest BCUT2D eigenvalue weighted by Crippen LogP contribution is 2.19. The number of hydrogen-bond donors (Lipinski definition) is 1. The van der Waals surface area contributed by atoms with Crippen molar-refractivity contribution >= 4 is 5.97 Å². The number of methoxy groups -OCH3 is 1. The van der Waals surface area contributed by atoms with Crippen LogP contribution < -0.4 is 0 Å². The summed E-state index contributed by atoms with van der Waals surface area (Å²) in [6.45, 7) is 3.75. The van der Waals surface area contributed by atoms with Crippen molar-refractivity contribution < 1.29 is 14.6 Å². The minimum Gasteiger partial charge on any atom is -0.508 e. The Kier molecular flexibility index (Phi) is 3.72. The molecular weight excluding hydrogens is 192 g/mol. The van der Waals surface area contributed by atoms with Gasteiger partial charge >= 0.3 is 5.97 Å². The van der Waals surface area contributed by atoms with Crippen LogP contribution >= 0.6 is 0 Å². The summed E-state index contributed by atoms with van der Waals surface area (Å²) in [6.07, 6.45) is 0.638. The van der Waals surface area contributed by atoms with E-state index in [2.05, 4.69) is 4.74 Å². The van der Waals surface area contributed by atoms with E-state index >= 15 is 0 Å². The first-order valence-corrected chi connectivity index (χ1v) is 4.91. The van der Waals surface area contributed by atoms with Crippen LogP contribution in [0.15, 0.2) is 18.2 Å². The Morgan fingerprint density at radius 3 is 2.73 bits per heavy atom. The lowest BCUT2D eigenvalue weighted by Gasteiger charge is -2.11. The van der Waals surface area contributed by atoms with E-state index in [1.54, 1.807) is 12.1 Å². The number of aryl methyl sites for hydroxylation is 1. The smallest absolute Gasteiger partial charge is 0.308 e. The van der Waals surface area contributed by atoms with E-state index in [0.717, 1.165) is 11.1 Å². The van der Waals surface area contributed by atoms with Crippen LogP contribution in [0, 0.1) is 12.8 Å². The quantitative estimate of drug-likeness (QED) is 0.773. The third-order valence-electron chi connectivity index (χ3n) is 2.46. The van der Waals surface area contributed by atoms with E-state index < -0.39 is 0 Å². The van der Waals surface area contributed by atoms with E-state index in [1.807, 2.05) is 19.9 Å². The van der Waals surface area contributed by atoms with Gasteiger partial charge in [0, 0.05) is 0 Å². The zero-order chi connectivity index (χ0) is 11.4. The topological polar surface area (TPSA) is 46.5 Å². The summed E-state index contributed by atoms with van der Waals surface area (Å²) in [5.74, 6) is -0.109. The summed E-state index contributed by atoms with van der Waals surface area (Å²) >= 11 is 0. The largest absolute Gasteiger partial charge is 0.508 e. The third-order valence-corrected chi connectivity index (χ3v) is 2.46. The first-order chi connectivity index (χ1) is 7.04. The normalized spacial score (nSPS) is 12.2. The second kappa shape index (κ2) is 4.82. The Bertz CT molecular complexity index is 358. The lowest BCUT2D eigenvalue weighted by Crippen LogP contribution is -2.15. The molecule has 1 aromatic rings. The molecule has 0 aliphatic carbocycles. The summed E-state index contributed by atoms with van der Waals surface area (Å²) in [7, 11) is 1.39. The zero-order valence-corrected chi connectivity index (χ0v) is 9.28. The van der Waals surface area contributed by atoms with Crippen molar-refractivity contribution in [1.82, 2.24) is 0 Å². The second-order valence-electron chi connectivity index (χ2n) is 3.74. The van der Waals surface area contributed by atoms with Crippen molar-refractivity contribution in [3.05, 3.63) is 29.3 Å². The maximum atomic E-state index is 11.2. The summed E-state index contributed by atoms with van der Waals surface area (Å²) in [4.78, 5) is 11.2. The molecule has 1 N–H and O–H groups in total. The number of hydrogen-bond acceptors (Lipinski definition) is 3. The van der Waals surface area contributed by atoms with Crippen molar-refractivity contribution in [3.8, 4) is 5.75 Å². The van der Waals surface area contributed by atoms with E-state index in [9.17, 15) is 9.90 Å². The van der Waals surface area contributed by atoms with Gasteiger partial charge in [-0.1, -0.05) is 13.0 Å². The van der Waals surface area contributed by atoms with Crippen LogP contribution in [-0.4, -0.2) is 18.2 Å². The van der Waals surface area contributed by atoms with Crippen molar-refractivity contribution in [2.75, 3.05) is 7.11 Å². The SMILES string of the molecule is COC(=O)C(C)Cc1ccc(O)cc1C. The van der Waals surface area contributed by atoms with Crippen molar-refractivity contribution in [2.45, 2.75) is 20.3 Å². The van der Waals surface area contributed by atoms with Gasteiger partial charge in [-0.2, -0.15) is 0 Å². The monoisotopic (exact) mass is 208 g/mol. The number of esters is 1. The van der Waals surface area contributed by atoms with Crippen LogP contribution in [0.3, 0.4) is 0 Å².